The standard InChI is InChI=1S/C27H33NOSi/c1-22-16-18-23(19-17-22)21-26(24-11-6-4-7-12-24)28-27(29)15-10-20-30(2,3)25-13-8-5-9-14-25/h4-9,11-14,16-19,26H,10,15,20-21H2,1-3H3,(H,28,29). The van der Waals surface area contributed by atoms with Crippen molar-refractivity contribution in [1.82, 2.24) is 5.32 Å². The average molecular weight is 416 g/mol. The number of amides is 1. The van der Waals surface area contributed by atoms with Gasteiger partial charge in [0.15, 0.2) is 0 Å². The first-order valence-electron chi connectivity index (χ1n) is 10.9. The third kappa shape index (κ3) is 6.43. The molecule has 0 bridgehead atoms. The van der Waals surface area contributed by atoms with Crippen molar-refractivity contribution in [2.45, 2.75) is 51.4 Å². The number of benzene rings is 3. The molecule has 0 aliphatic rings. The van der Waals surface area contributed by atoms with Gasteiger partial charge in [-0.2, -0.15) is 0 Å². The number of aryl methyl sites for hydroxylation is 1. The predicted molar refractivity (Wildman–Crippen MR) is 130 cm³/mol. The third-order valence-electron chi connectivity index (χ3n) is 5.86. The molecule has 1 atom stereocenters. The van der Waals surface area contributed by atoms with Gasteiger partial charge in [-0.15, -0.1) is 0 Å². The number of carbonyl (C=O) groups is 1. The van der Waals surface area contributed by atoms with E-state index in [2.05, 4.69) is 92.1 Å². The largest absolute Gasteiger partial charge is 0.349 e. The fourth-order valence-electron chi connectivity index (χ4n) is 3.89. The molecule has 3 aromatic rings. The molecule has 0 aliphatic heterocycles. The number of nitrogens with one attached hydrogen (secondary N) is 1. The Morgan fingerprint density at radius 3 is 2.10 bits per heavy atom. The summed E-state index contributed by atoms with van der Waals surface area (Å²) in [4.78, 5) is 12.8. The first-order valence-corrected chi connectivity index (χ1v) is 14.1. The van der Waals surface area contributed by atoms with Gasteiger partial charge in [-0.1, -0.05) is 115 Å². The second-order valence-electron chi connectivity index (χ2n) is 8.82. The van der Waals surface area contributed by atoms with Crippen LogP contribution in [0.4, 0.5) is 0 Å². The molecular formula is C27H33NOSi. The van der Waals surface area contributed by atoms with E-state index < -0.39 is 8.07 Å². The zero-order valence-corrected chi connectivity index (χ0v) is 19.4. The van der Waals surface area contributed by atoms with Gasteiger partial charge >= 0.3 is 0 Å². The van der Waals surface area contributed by atoms with E-state index in [-0.39, 0.29) is 11.9 Å². The maximum absolute atomic E-state index is 12.8. The number of rotatable bonds is 9. The Hall–Kier alpha value is -2.65. The molecular weight excluding hydrogens is 382 g/mol. The van der Waals surface area contributed by atoms with Crippen molar-refractivity contribution in [1.29, 1.82) is 0 Å². The summed E-state index contributed by atoms with van der Waals surface area (Å²) in [5.41, 5.74) is 3.65. The van der Waals surface area contributed by atoms with Crippen LogP contribution < -0.4 is 10.5 Å². The lowest BCUT2D eigenvalue weighted by molar-refractivity contribution is -0.121. The predicted octanol–water partition coefficient (Wildman–Crippen LogP) is 5.79. The molecule has 1 unspecified atom stereocenters. The fourth-order valence-corrected chi connectivity index (χ4v) is 6.33. The number of carbonyl (C=O) groups excluding carboxylic acids is 1. The van der Waals surface area contributed by atoms with E-state index in [4.69, 9.17) is 0 Å². The van der Waals surface area contributed by atoms with Gasteiger partial charge in [0, 0.05) is 6.42 Å². The van der Waals surface area contributed by atoms with Crippen LogP contribution >= 0.6 is 0 Å². The Balaban J connectivity index is 1.60. The van der Waals surface area contributed by atoms with Crippen molar-refractivity contribution in [3.8, 4) is 0 Å². The monoisotopic (exact) mass is 415 g/mol. The van der Waals surface area contributed by atoms with E-state index in [1.807, 2.05) is 18.2 Å². The van der Waals surface area contributed by atoms with Gasteiger partial charge in [-0.25, -0.2) is 0 Å². The van der Waals surface area contributed by atoms with E-state index in [1.165, 1.54) is 16.3 Å². The molecule has 3 aromatic carbocycles. The fraction of sp³-hybridized carbons (Fsp3) is 0.296. The van der Waals surface area contributed by atoms with Crippen molar-refractivity contribution in [2.24, 2.45) is 0 Å². The van der Waals surface area contributed by atoms with E-state index in [1.54, 1.807) is 0 Å². The maximum atomic E-state index is 12.8. The first kappa shape index (κ1) is 22.0. The molecule has 0 radical (unpaired) electrons. The van der Waals surface area contributed by atoms with Gasteiger partial charge in [0.05, 0.1) is 14.1 Å². The molecule has 0 spiro atoms. The second kappa shape index (κ2) is 10.4. The highest BCUT2D eigenvalue weighted by Crippen LogP contribution is 2.20. The Bertz CT molecular complexity index is 920. The van der Waals surface area contributed by atoms with Crippen LogP contribution in [0.25, 0.3) is 0 Å². The Morgan fingerprint density at radius 2 is 1.47 bits per heavy atom. The lowest BCUT2D eigenvalue weighted by atomic mass is 9.98. The summed E-state index contributed by atoms with van der Waals surface area (Å²) in [5, 5.41) is 4.76. The zero-order chi connectivity index (χ0) is 21.4. The molecule has 3 rings (SSSR count). The van der Waals surface area contributed by atoms with Crippen LogP contribution in [-0.4, -0.2) is 14.0 Å². The minimum absolute atomic E-state index is 0.000726. The molecule has 3 heteroatoms. The van der Waals surface area contributed by atoms with Crippen LogP contribution in [0.5, 0.6) is 0 Å². The Labute approximate surface area is 182 Å². The smallest absolute Gasteiger partial charge is 0.220 e. The van der Waals surface area contributed by atoms with Gasteiger partial charge in [-0.3, -0.25) is 4.79 Å². The molecule has 0 saturated carbocycles. The second-order valence-corrected chi connectivity index (χ2v) is 13.7. The third-order valence-corrected chi connectivity index (χ3v) is 9.36. The Kier molecular flexibility index (Phi) is 7.64. The topological polar surface area (TPSA) is 29.1 Å². The number of hydrogen-bond acceptors (Lipinski definition) is 1. The molecule has 0 heterocycles. The molecule has 0 saturated heterocycles. The zero-order valence-electron chi connectivity index (χ0n) is 18.4. The molecule has 156 valence electrons. The van der Waals surface area contributed by atoms with Crippen LogP contribution in [0.2, 0.25) is 19.1 Å². The quantitative estimate of drug-likeness (QED) is 0.440. The van der Waals surface area contributed by atoms with Crippen molar-refractivity contribution in [3.05, 3.63) is 102 Å². The summed E-state index contributed by atoms with van der Waals surface area (Å²) >= 11 is 0. The highest BCUT2D eigenvalue weighted by Gasteiger charge is 2.23. The lowest BCUT2D eigenvalue weighted by Crippen LogP contribution is -2.41. The minimum atomic E-state index is -1.50. The lowest BCUT2D eigenvalue weighted by Gasteiger charge is -2.23. The van der Waals surface area contributed by atoms with Crippen LogP contribution in [0.15, 0.2) is 84.9 Å². The summed E-state index contributed by atoms with van der Waals surface area (Å²) in [5.74, 6) is 0.147. The SMILES string of the molecule is Cc1ccc(CC(NC(=O)CCC[Si](C)(C)c2ccccc2)c2ccccc2)cc1. The van der Waals surface area contributed by atoms with E-state index in [9.17, 15) is 4.79 Å². The summed E-state index contributed by atoms with van der Waals surface area (Å²) in [6.07, 6.45) is 2.33. The van der Waals surface area contributed by atoms with Gasteiger partial charge in [-0.05, 0) is 30.9 Å². The molecule has 30 heavy (non-hydrogen) atoms. The Morgan fingerprint density at radius 1 is 0.867 bits per heavy atom. The number of hydrogen-bond donors (Lipinski definition) is 1. The van der Waals surface area contributed by atoms with Crippen LogP contribution in [-0.2, 0) is 11.2 Å². The normalized spacial score (nSPS) is 12.4. The van der Waals surface area contributed by atoms with Gasteiger partial charge < -0.3 is 5.32 Å². The van der Waals surface area contributed by atoms with Crippen molar-refractivity contribution in [3.63, 3.8) is 0 Å². The minimum Gasteiger partial charge on any atom is -0.349 e. The van der Waals surface area contributed by atoms with Gasteiger partial charge in [0.25, 0.3) is 0 Å². The van der Waals surface area contributed by atoms with E-state index in [0.717, 1.165) is 24.4 Å². The van der Waals surface area contributed by atoms with Crippen LogP contribution in [0.3, 0.4) is 0 Å². The molecule has 0 aliphatic carbocycles. The van der Waals surface area contributed by atoms with Crippen LogP contribution in [0, 0.1) is 6.92 Å². The average Bonchev–Trinajstić information content (AvgIpc) is 2.76. The van der Waals surface area contributed by atoms with Gasteiger partial charge in [0.1, 0.15) is 0 Å². The molecule has 1 amide bonds. The van der Waals surface area contributed by atoms with E-state index in [0.29, 0.717) is 6.42 Å². The molecule has 1 N–H and O–H groups in total. The molecule has 0 aromatic heterocycles. The molecule has 0 fully saturated rings. The van der Waals surface area contributed by atoms with Crippen molar-refractivity contribution >= 4 is 19.2 Å². The van der Waals surface area contributed by atoms with Crippen molar-refractivity contribution in [2.75, 3.05) is 0 Å². The van der Waals surface area contributed by atoms with Crippen LogP contribution in [0.1, 0.15) is 35.6 Å². The maximum Gasteiger partial charge on any atom is 0.220 e. The summed E-state index contributed by atoms with van der Waals surface area (Å²) in [6.45, 7) is 6.88. The van der Waals surface area contributed by atoms with Crippen molar-refractivity contribution < 1.29 is 4.79 Å². The highest BCUT2D eigenvalue weighted by atomic mass is 28.3. The summed E-state index contributed by atoms with van der Waals surface area (Å²) < 4.78 is 0. The highest BCUT2D eigenvalue weighted by molar-refractivity contribution is 6.89. The van der Waals surface area contributed by atoms with Gasteiger partial charge in [0.2, 0.25) is 5.91 Å². The first-order chi connectivity index (χ1) is 14.4. The summed E-state index contributed by atoms with van der Waals surface area (Å²) in [6, 6.07) is 30.8. The van der Waals surface area contributed by atoms with E-state index >= 15 is 0 Å². The molecule has 2 nitrogen and oxygen atoms in total. The summed E-state index contributed by atoms with van der Waals surface area (Å²) in [7, 11) is -1.50.